The highest BCUT2D eigenvalue weighted by atomic mass is 19.1. The van der Waals surface area contributed by atoms with Crippen LogP contribution in [0.2, 0.25) is 0 Å². The Morgan fingerprint density at radius 3 is 2.32 bits per heavy atom. The predicted octanol–water partition coefficient (Wildman–Crippen LogP) is 0.798. The highest BCUT2D eigenvalue weighted by Gasteiger charge is 2.06. The number of aromatic hydroxyl groups is 1. The fourth-order valence-electron chi connectivity index (χ4n) is 1.36. The van der Waals surface area contributed by atoms with Crippen LogP contribution in [0.3, 0.4) is 0 Å². The van der Waals surface area contributed by atoms with E-state index in [1.54, 1.807) is 0 Å². The average Bonchev–Trinajstić information content (AvgIpc) is 2.25. The van der Waals surface area contributed by atoms with Gasteiger partial charge in [-0.25, -0.2) is 13.6 Å². The highest BCUT2D eigenvalue weighted by Crippen LogP contribution is 2.16. The van der Waals surface area contributed by atoms with E-state index in [0.29, 0.717) is 6.07 Å². The van der Waals surface area contributed by atoms with E-state index in [1.807, 2.05) is 9.97 Å². The largest absolute Gasteiger partial charge is 0.494 e. The normalized spacial score (nSPS) is 11.1. The number of aromatic amines is 2. The molecule has 1 aromatic carbocycles. The van der Waals surface area contributed by atoms with Gasteiger partial charge in [0, 0.05) is 12.3 Å². The monoisotopic (exact) mass is 267 g/mol. The van der Waals surface area contributed by atoms with Crippen molar-refractivity contribution in [3.63, 3.8) is 0 Å². The molecule has 2 rings (SSSR count). The molecule has 3 N–H and O–H groups in total. The zero-order valence-corrected chi connectivity index (χ0v) is 9.28. The number of aromatic nitrogens is 2. The molecule has 8 heteroatoms. The molecule has 0 aliphatic heterocycles. The van der Waals surface area contributed by atoms with E-state index in [-0.39, 0.29) is 11.3 Å². The molecule has 0 radical (unpaired) electrons. The van der Waals surface area contributed by atoms with Gasteiger partial charge in [0.1, 0.15) is 17.2 Å². The summed E-state index contributed by atoms with van der Waals surface area (Å²) in [4.78, 5) is 29.6. The predicted molar refractivity (Wildman–Crippen MR) is 63.0 cm³/mol. The molecule has 0 atom stereocenters. The summed E-state index contributed by atoms with van der Waals surface area (Å²) in [7, 11) is 0. The number of rotatable bonds is 2. The van der Waals surface area contributed by atoms with Crippen molar-refractivity contribution < 1.29 is 13.9 Å². The molecule has 1 heterocycles. The summed E-state index contributed by atoms with van der Waals surface area (Å²) in [6.45, 7) is 0. The minimum atomic E-state index is -0.878. The first-order valence-corrected chi connectivity index (χ1v) is 5.01. The van der Waals surface area contributed by atoms with Crippen molar-refractivity contribution >= 4 is 11.9 Å². The molecule has 0 spiro atoms. The Balaban J connectivity index is 2.43. The summed E-state index contributed by atoms with van der Waals surface area (Å²) in [5.41, 5.74) is -2.16. The van der Waals surface area contributed by atoms with Crippen molar-refractivity contribution in [3.05, 3.63) is 56.2 Å². The first kappa shape index (κ1) is 12.7. The molecule has 98 valence electrons. The van der Waals surface area contributed by atoms with Crippen molar-refractivity contribution in [1.82, 2.24) is 9.97 Å². The van der Waals surface area contributed by atoms with Crippen LogP contribution in [0.15, 0.2) is 32.8 Å². The molecule has 0 bridgehead atoms. The molecule has 0 aliphatic carbocycles. The van der Waals surface area contributed by atoms with Crippen LogP contribution in [0.1, 0.15) is 5.56 Å². The van der Waals surface area contributed by atoms with Gasteiger partial charge in [0.2, 0.25) is 5.88 Å². The maximum absolute atomic E-state index is 12.9. The summed E-state index contributed by atoms with van der Waals surface area (Å²) < 4.78 is 25.8. The molecule has 0 amide bonds. The van der Waals surface area contributed by atoms with Gasteiger partial charge in [-0.15, -0.1) is 0 Å². The van der Waals surface area contributed by atoms with E-state index < -0.39 is 28.8 Å². The van der Waals surface area contributed by atoms with E-state index in [2.05, 4.69) is 4.99 Å². The van der Waals surface area contributed by atoms with Gasteiger partial charge in [-0.2, -0.15) is 0 Å². The van der Waals surface area contributed by atoms with E-state index in [9.17, 15) is 23.5 Å². The van der Waals surface area contributed by atoms with Gasteiger partial charge in [0.05, 0.1) is 5.69 Å². The first-order chi connectivity index (χ1) is 8.95. The minimum absolute atomic E-state index is 0.0810. The van der Waals surface area contributed by atoms with E-state index in [0.717, 1.165) is 18.3 Å². The number of hydrogen-bond donors (Lipinski definition) is 3. The number of H-pyrrole nitrogens is 2. The Hall–Kier alpha value is -2.77. The van der Waals surface area contributed by atoms with Crippen LogP contribution < -0.4 is 11.2 Å². The highest BCUT2D eigenvalue weighted by molar-refractivity contribution is 5.83. The third-order valence-electron chi connectivity index (χ3n) is 2.15. The fourth-order valence-corrected chi connectivity index (χ4v) is 1.36. The van der Waals surface area contributed by atoms with Crippen LogP contribution in [0.4, 0.5) is 14.5 Å². The van der Waals surface area contributed by atoms with Crippen LogP contribution in [0.5, 0.6) is 5.88 Å². The van der Waals surface area contributed by atoms with Crippen molar-refractivity contribution in [2.45, 2.75) is 0 Å². The number of nitrogens with zero attached hydrogens (tertiary/aromatic N) is 1. The van der Waals surface area contributed by atoms with Crippen LogP contribution in [0, 0.1) is 11.6 Å². The molecule has 0 saturated carbocycles. The Labute approximate surface area is 104 Å². The van der Waals surface area contributed by atoms with Crippen molar-refractivity contribution in [3.8, 4) is 5.88 Å². The molecule has 0 unspecified atom stereocenters. The third-order valence-corrected chi connectivity index (χ3v) is 2.15. The smallest absolute Gasteiger partial charge is 0.328 e. The number of hydrogen-bond acceptors (Lipinski definition) is 4. The molecular formula is C11H7F2N3O3. The van der Waals surface area contributed by atoms with E-state index in [1.165, 1.54) is 0 Å². The molecule has 2 aromatic rings. The summed E-state index contributed by atoms with van der Waals surface area (Å²) in [6, 6.07) is 2.55. The minimum Gasteiger partial charge on any atom is -0.494 e. The number of halogens is 2. The van der Waals surface area contributed by atoms with Gasteiger partial charge in [0.15, 0.2) is 0 Å². The lowest BCUT2D eigenvalue weighted by atomic mass is 10.3. The van der Waals surface area contributed by atoms with Crippen LogP contribution in [-0.2, 0) is 0 Å². The number of benzene rings is 1. The second-order valence-electron chi connectivity index (χ2n) is 3.56. The van der Waals surface area contributed by atoms with Crippen molar-refractivity contribution in [2.75, 3.05) is 0 Å². The van der Waals surface area contributed by atoms with Crippen molar-refractivity contribution in [1.29, 1.82) is 0 Å². The molecule has 1 aromatic heterocycles. The molecule has 0 fully saturated rings. The quantitative estimate of drug-likeness (QED) is 0.702. The van der Waals surface area contributed by atoms with Gasteiger partial charge >= 0.3 is 5.69 Å². The van der Waals surface area contributed by atoms with Crippen molar-refractivity contribution in [2.24, 2.45) is 4.99 Å². The lowest BCUT2D eigenvalue weighted by Gasteiger charge is -1.97. The molecule has 19 heavy (non-hydrogen) atoms. The molecular weight excluding hydrogens is 260 g/mol. The summed E-state index contributed by atoms with van der Waals surface area (Å²) in [5, 5.41) is 9.34. The van der Waals surface area contributed by atoms with Gasteiger partial charge in [-0.05, 0) is 12.1 Å². The maximum Gasteiger partial charge on any atom is 0.328 e. The molecule has 0 saturated heterocycles. The number of nitrogens with one attached hydrogen (secondary N) is 2. The first-order valence-electron chi connectivity index (χ1n) is 5.01. The van der Waals surface area contributed by atoms with Gasteiger partial charge < -0.3 is 5.11 Å². The number of aliphatic imine (C=N–C) groups is 1. The summed E-state index contributed by atoms with van der Waals surface area (Å²) >= 11 is 0. The summed E-state index contributed by atoms with van der Waals surface area (Å²) in [5.74, 6) is -2.34. The lowest BCUT2D eigenvalue weighted by molar-refractivity contribution is 0.447. The molecule has 6 nitrogen and oxygen atoms in total. The zero-order valence-electron chi connectivity index (χ0n) is 9.28. The van der Waals surface area contributed by atoms with Gasteiger partial charge in [-0.3, -0.25) is 19.8 Å². The topological polar surface area (TPSA) is 98.3 Å². The Morgan fingerprint density at radius 2 is 1.74 bits per heavy atom. The van der Waals surface area contributed by atoms with Gasteiger partial charge in [0.25, 0.3) is 5.56 Å². The Bertz CT molecular complexity index is 744. The van der Waals surface area contributed by atoms with Crippen LogP contribution in [0.25, 0.3) is 0 Å². The third kappa shape index (κ3) is 2.92. The van der Waals surface area contributed by atoms with Crippen LogP contribution in [-0.4, -0.2) is 21.3 Å². The van der Waals surface area contributed by atoms with E-state index in [4.69, 9.17) is 0 Å². The van der Waals surface area contributed by atoms with E-state index >= 15 is 0 Å². The fraction of sp³-hybridized carbons (Fsp3) is 0. The SMILES string of the molecule is O=c1[nH]c(O)c(C=Nc2cc(F)cc(F)c2)c(=O)[nH]1. The lowest BCUT2D eigenvalue weighted by Crippen LogP contribution is -2.24. The second-order valence-corrected chi connectivity index (χ2v) is 3.56. The maximum atomic E-state index is 12.9. The Morgan fingerprint density at radius 1 is 1.11 bits per heavy atom. The standard InChI is InChI=1S/C11H7F2N3O3/c12-5-1-6(13)3-7(2-5)14-4-8-9(17)15-11(19)16-10(8)18/h1-4H,(H3,15,16,17,18,19). The average molecular weight is 267 g/mol. The second kappa shape index (κ2) is 4.84. The van der Waals surface area contributed by atoms with Crippen LogP contribution >= 0.6 is 0 Å². The summed E-state index contributed by atoms with van der Waals surface area (Å²) in [6.07, 6.45) is 0.887. The van der Waals surface area contributed by atoms with Gasteiger partial charge in [-0.1, -0.05) is 0 Å². The molecule has 0 aliphatic rings. The Kier molecular flexibility index (Phi) is 3.23. The zero-order chi connectivity index (χ0) is 14.0.